The third-order valence-corrected chi connectivity index (χ3v) is 4.08. The Hall–Kier alpha value is -1.17. The predicted molar refractivity (Wildman–Crippen MR) is 78.4 cm³/mol. The van der Waals surface area contributed by atoms with Crippen molar-refractivity contribution in [2.75, 3.05) is 46.4 Å². The van der Waals surface area contributed by atoms with Crippen molar-refractivity contribution in [3.8, 4) is 5.75 Å². The van der Waals surface area contributed by atoms with E-state index in [1.165, 1.54) is 7.11 Å². The van der Waals surface area contributed by atoms with Crippen LogP contribution in [0.25, 0.3) is 0 Å². The summed E-state index contributed by atoms with van der Waals surface area (Å²) >= 11 is 0. The minimum Gasteiger partial charge on any atom is -0.494 e. The monoisotopic (exact) mass is 281 g/mol. The molecule has 1 aliphatic rings. The van der Waals surface area contributed by atoms with Crippen LogP contribution < -0.4 is 10.5 Å². The van der Waals surface area contributed by atoms with Gasteiger partial charge >= 0.3 is 0 Å². The molecule has 1 aromatic carbocycles. The van der Waals surface area contributed by atoms with Gasteiger partial charge in [0.05, 0.1) is 7.11 Å². The van der Waals surface area contributed by atoms with Crippen LogP contribution in [0.3, 0.4) is 0 Å². The van der Waals surface area contributed by atoms with Crippen LogP contribution in [0.4, 0.5) is 4.39 Å². The highest BCUT2D eigenvalue weighted by Crippen LogP contribution is 2.25. The molecule has 0 amide bonds. The number of halogens is 1. The summed E-state index contributed by atoms with van der Waals surface area (Å²) in [5.74, 6) is -0.0454. The van der Waals surface area contributed by atoms with Gasteiger partial charge in [-0.3, -0.25) is 4.90 Å². The van der Waals surface area contributed by atoms with Gasteiger partial charge in [-0.2, -0.15) is 0 Å². The summed E-state index contributed by atoms with van der Waals surface area (Å²) in [7, 11) is 1.47. The minimum absolute atomic E-state index is 0.0782. The van der Waals surface area contributed by atoms with Crippen molar-refractivity contribution in [3.63, 3.8) is 0 Å². The largest absolute Gasteiger partial charge is 0.494 e. The fourth-order valence-corrected chi connectivity index (χ4v) is 2.78. The van der Waals surface area contributed by atoms with E-state index in [1.807, 2.05) is 6.07 Å². The van der Waals surface area contributed by atoms with Gasteiger partial charge in [-0.1, -0.05) is 13.0 Å². The van der Waals surface area contributed by atoms with Crippen LogP contribution in [0.1, 0.15) is 18.5 Å². The number of ether oxygens (including phenoxy) is 1. The molecular formula is C15H24FN3O. The van der Waals surface area contributed by atoms with E-state index in [2.05, 4.69) is 16.7 Å². The number of nitrogens with two attached hydrogens (primary N) is 1. The lowest BCUT2D eigenvalue weighted by atomic mass is 10.0. The van der Waals surface area contributed by atoms with Crippen LogP contribution in [-0.4, -0.2) is 56.2 Å². The number of likely N-dealkylation sites (N-methyl/N-ethyl adjacent to an activating group) is 1. The second kappa shape index (κ2) is 7.02. The average molecular weight is 281 g/mol. The first-order valence-corrected chi connectivity index (χ1v) is 7.19. The van der Waals surface area contributed by atoms with Crippen molar-refractivity contribution in [3.05, 3.63) is 29.6 Å². The van der Waals surface area contributed by atoms with Crippen LogP contribution in [-0.2, 0) is 0 Å². The number of methoxy groups -OCH3 is 1. The van der Waals surface area contributed by atoms with Crippen molar-refractivity contribution in [1.82, 2.24) is 9.80 Å². The Kier molecular flexibility index (Phi) is 5.34. The van der Waals surface area contributed by atoms with E-state index in [0.717, 1.165) is 38.3 Å². The molecule has 0 spiro atoms. The number of nitrogens with zero attached hydrogens (tertiary/aromatic N) is 2. The third kappa shape index (κ3) is 3.29. The molecule has 1 unspecified atom stereocenters. The molecule has 0 aliphatic carbocycles. The van der Waals surface area contributed by atoms with E-state index in [9.17, 15) is 4.39 Å². The first kappa shape index (κ1) is 15.2. The molecule has 112 valence electrons. The summed E-state index contributed by atoms with van der Waals surface area (Å²) in [4.78, 5) is 4.76. The molecule has 5 heteroatoms. The lowest BCUT2D eigenvalue weighted by Gasteiger charge is -2.38. The Morgan fingerprint density at radius 3 is 2.50 bits per heavy atom. The van der Waals surface area contributed by atoms with Crippen molar-refractivity contribution in [2.45, 2.75) is 13.0 Å². The van der Waals surface area contributed by atoms with Crippen molar-refractivity contribution in [1.29, 1.82) is 0 Å². The molecule has 0 radical (unpaired) electrons. The van der Waals surface area contributed by atoms with Gasteiger partial charge in [0.25, 0.3) is 0 Å². The highest BCUT2D eigenvalue weighted by atomic mass is 19.1. The zero-order valence-corrected chi connectivity index (χ0v) is 12.3. The van der Waals surface area contributed by atoms with Gasteiger partial charge in [0.15, 0.2) is 11.6 Å². The second-order valence-corrected chi connectivity index (χ2v) is 5.12. The van der Waals surface area contributed by atoms with Gasteiger partial charge in [0.1, 0.15) is 0 Å². The molecule has 4 nitrogen and oxygen atoms in total. The zero-order valence-electron chi connectivity index (χ0n) is 12.3. The van der Waals surface area contributed by atoms with Crippen molar-refractivity contribution < 1.29 is 9.13 Å². The molecule has 2 rings (SSSR count). The Morgan fingerprint density at radius 1 is 1.30 bits per heavy atom. The van der Waals surface area contributed by atoms with Gasteiger partial charge in [-0.15, -0.1) is 0 Å². The van der Waals surface area contributed by atoms with Gasteiger partial charge in [0.2, 0.25) is 0 Å². The summed E-state index contributed by atoms with van der Waals surface area (Å²) in [5.41, 5.74) is 6.84. The van der Waals surface area contributed by atoms with E-state index in [0.29, 0.717) is 6.54 Å². The van der Waals surface area contributed by atoms with Crippen LogP contribution >= 0.6 is 0 Å². The number of benzene rings is 1. The molecule has 1 fully saturated rings. The minimum atomic E-state index is -0.323. The van der Waals surface area contributed by atoms with E-state index in [1.54, 1.807) is 12.1 Å². The number of piperazine rings is 1. The Balaban J connectivity index is 2.10. The van der Waals surface area contributed by atoms with Crippen LogP contribution in [0, 0.1) is 5.82 Å². The highest BCUT2D eigenvalue weighted by molar-refractivity contribution is 5.31. The average Bonchev–Trinajstić information content (AvgIpc) is 2.49. The number of hydrogen-bond donors (Lipinski definition) is 1. The van der Waals surface area contributed by atoms with Crippen molar-refractivity contribution >= 4 is 0 Å². The first-order valence-electron chi connectivity index (χ1n) is 7.19. The highest BCUT2D eigenvalue weighted by Gasteiger charge is 2.24. The first-order chi connectivity index (χ1) is 9.69. The standard InChI is InChI=1S/C15H24FN3O/c1-3-18-6-8-19(9-7-18)14(11-17)12-4-5-15(20-2)13(16)10-12/h4-5,10,14H,3,6-9,11,17H2,1-2H3. The number of rotatable bonds is 5. The predicted octanol–water partition coefficient (Wildman–Crippen LogP) is 1.47. The van der Waals surface area contributed by atoms with Crippen LogP contribution in [0.5, 0.6) is 5.75 Å². The molecule has 2 N–H and O–H groups in total. The van der Waals surface area contributed by atoms with Gasteiger partial charge in [0, 0.05) is 38.8 Å². The maximum atomic E-state index is 13.8. The summed E-state index contributed by atoms with van der Waals surface area (Å²) in [6, 6.07) is 5.21. The second-order valence-electron chi connectivity index (χ2n) is 5.12. The van der Waals surface area contributed by atoms with E-state index in [-0.39, 0.29) is 17.6 Å². The molecule has 1 heterocycles. The fraction of sp³-hybridized carbons (Fsp3) is 0.600. The zero-order chi connectivity index (χ0) is 14.5. The molecule has 0 aromatic heterocycles. The molecular weight excluding hydrogens is 257 g/mol. The molecule has 1 aliphatic heterocycles. The SMILES string of the molecule is CCN1CCN(C(CN)c2ccc(OC)c(F)c2)CC1. The fourth-order valence-electron chi connectivity index (χ4n) is 2.78. The Morgan fingerprint density at radius 2 is 2.00 bits per heavy atom. The Labute approximate surface area is 120 Å². The van der Waals surface area contributed by atoms with E-state index < -0.39 is 0 Å². The van der Waals surface area contributed by atoms with Gasteiger partial charge in [-0.05, 0) is 24.2 Å². The summed E-state index contributed by atoms with van der Waals surface area (Å²) in [6.07, 6.45) is 0. The molecule has 1 aromatic rings. The summed E-state index contributed by atoms with van der Waals surface area (Å²) < 4.78 is 18.8. The molecule has 1 atom stereocenters. The lowest BCUT2D eigenvalue weighted by molar-refractivity contribution is 0.102. The topological polar surface area (TPSA) is 41.7 Å². The van der Waals surface area contributed by atoms with E-state index in [4.69, 9.17) is 10.5 Å². The smallest absolute Gasteiger partial charge is 0.165 e. The molecule has 0 bridgehead atoms. The normalized spacial score (nSPS) is 19.0. The molecule has 0 saturated carbocycles. The molecule has 1 saturated heterocycles. The van der Waals surface area contributed by atoms with Crippen molar-refractivity contribution in [2.24, 2.45) is 5.73 Å². The quantitative estimate of drug-likeness (QED) is 0.887. The maximum Gasteiger partial charge on any atom is 0.165 e. The Bertz CT molecular complexity index is 433. The number of hydrogen-bond acceptors (Lipinski definition) is 4. The molecule has 20 heavy (non-hydrogen) atoms. The van der Waals surface area contributed by atoms with Crippen LogP contribution in [0.15, 0.2) is 18.2 Å². The summed E-state index contributed by atoms with van der Waals surface area (Å²) in [5, 5.41) is 0. The third-order valence-electron chi connectivity index (χ3n) is 4.08. The van der Waals surface area contributed by atoms with Gasteiger partial charge in [-0.25, -0.2) is 4.39 Å². The lowest BCUT2D eigenvalue weighted by Crippen LogP contribution is -2.48. The maximum absolute atomic E-state index is 13.8. The van der Waals surface area contributed by atoms with Crippen LogP contribution in [0.2, 0.25) is 0 Å². The summed E-state index contributed by atoms with van der Waals surface area (Å²) in [6.45, 7) is 7.80. The van der Waals surface area contributed by atoms with E-state index >= 15 is 0 Å². The van der Waals surface area contributed by atoms with Gasteiger partial charge < -0.3 is 15.4 Å².